The molecule has 36 heavy (non-hydrogen) atoms. The molecule has 3 aliphatic heterocycles. The van der Waals surface area contributed by atoms with Crippen molar-refractivity contribution in [3.63, 3.8) is 0 Å². The van der Waals surface area contributed by atoms with E-state index in [4.69, 9.17) is 24.2 Å². The topological polar surface area (TPSA) is 118 Å². The zero-order chi connectivity index (χ0) is 25.1. The van der Waals surface area contributed by atoms with Crippen LogP contribution in [0.1, 0.15) is 62.4 Å². The Bertz CT molecular complexity index is 1030. The number of H-pyrrole nitrogens is 1. The molecule has 0 radical (unpaired) electrons. The van der Waals surface area contributed by atoms with Crippen LogP contribution in [0.2, 0.25) is 0 Å². The van der Waals surface area contributed by atoms with Gasteiger partial charge in [-0.25, -0.2) is 9.78 Å². The molecule has 196 valence electrons. The molecule has 3 saturated heterocycles. The van der Waals surface area contributed by atoms with Crippen LogP contribution in [-0.2, 0) is 14.2 Å². The lowest BCUT2D eigenvalue weighted by Crippen LogP contribution is -2.58. The van der Waals surface area contributed by atoms with Crippen molar-refractivity contribution in [2.45, 2.75) is 76.1 Å². The maximum Gasteiger partial charge on any atom is 0.410 e. The maximum atomic E-state index is 12.8. The fourth-order valence-corrected chi connectivity index (χ4v) is 5.68. The Hall–Kier alpha value is -2.92. The largest absolute Gasteiger partial charge is 0.447 e. The van der Waals surface area contributed by atoms with E-state index in [2.05, 4.69) is 27.5 Å². The number of aromatic nitrogens is 4. The summed E-state index contributed by atoms with van der Waals surface area (Å²) in [6.07, 6.45) is 6.58. The van der Waals surface area contributed by atoms with E-state index in [1.54, 1.807) is 7.11 Å². The van der Waals surface area contributed by atoms with Crippen LogP contribution in [0.3, 0.4) is 0 Å². The minimum atomic E-state index is -0.222. The molecule has 5 rings (SSSR count). The Morgan fingerprint density at radius 3 is 2.64 bits per heavy atom. The van der Waals surface area contributed by atoms with Crippen LogP contribution in [-0.4, -0.2) is 83.3 Å². The van der Waals surface area contributed by atoms with Crippen molar-refractivity contribution in [3.05, 3.63) is 23.5 Å². The summed E-state index contributed by atoms with van der Waals surface area (Å²) in [4.78, 5) is 26.8. The molecule has 0 saturated carbocycles. The third-order valence-electron chi connectivity index (χ3n) is 7.49. The van der Waals surface area contributed by atoms with E-state index in [1.165, 1.54) is 0 Å². The molecule has 3 fully saturated rings. The SMILES string of the molecule is COCCOC(=O)N1[C@@H]2CCC[C@H]1C[C@H](N(C)c1nc(Nc3cc(C)[nH]n3)cc(C3CCCO3)n1)C2. The number of hydrogen-bond acceptors (Lipinski definition) is 9. The number of methoxy groups -OCH3 is 1. The molecule has 2 aromatic rings. The number of carbonyl (C=O) groups excluding carboxylic acids is 1. The van der Waals surface area contributed by atoms with Gasteiger partial charge < -0.3 is 29.3 Å². The van der Waals surface area contributed by atoms with Gasteiger partial charge in [-0.3, -0.25) is 5.10 Å². The number of aryl methyl sites for hydroxylation is 1. The molecular formula is C25H37N7O4. The summed E-state index contributed by atoms with van der Waals surface area (Å²) in [6, 6.07) is 4.45. The van der Waals surface area contributed by atoms with E-state index in [-0.39, 0.29) is 36.9 Å². The highest BCUT2D eigenvalue weighted by molar-refractivity contribution is 5.69. The van der Waals surface area contributed by atoms with Gasteiger partial charge in [0.15, 0.2) is 5.82 Å². The zero-order valence-corrected chi connectivity index (χ0v) is 21.4. The lowest BCUT2D eigenvalue weighted by atomic mass is 9.81. The number of hydrogen-bond donors (Lipinski definition) is 2. The van der Waals surface area contributed by atoms with Crippen molar-refractivity contribution in [2.24, 2.45) is 0 Å². The normalized spacial score (nSPS) is 25.6. The number of amides is 1. The molecule has 0 aliphatic carbocycles. The van der Waals surface area contributed by atoms with E-state index in [1.807, 2.05) is 24.0 Å². The quantitative estimate of drug-likeness (QED) is 0.524. The summed E-state index contributed by atoms with van der Waals surface area (Å²) >= 11 is 0. The van der Waals surface area contributed by atoms with Gasteiger partial charge in [0.25, 0.3) is 0 Å². The predicted octanol–water partition coefficient (Wildman–Crippen LogP) is 3.71. The summed E-state index contributed by atoms with van der Waals surface area (Å²) in [5.74, 6) is 2.08. The Kier molecular flexibility index (Phi) is 7.56. The van der Waals surface area contributed by atoms with E-state index in [0.717, 1.165) is 62.9 Å². The molecule has 11 heteroatoms. The van der Waals surface area contributed by atoms with Gasteiger partial charge in [-0.1, -0.05) is 0 Å². The fraction of sp³-hybridized carbons (Fsp3) is 0.680. The second-order valence-electron chi connectivity index (χ2n) is 10.0. The highest BCUT2D eigenvalue weighted by Gasteiger charge is 2.43. The third-order valence-corrected chi connectivity index (χ3v) is 7.49. The number of nitrogens with zero attached hydrogens (tertiary/aromatic N) is 5. The first kappa shape index (κ1) is 24.8. The van der Waals surface area contributed by atoms with Gasteiger partial charge in [-0.15, -0.1) is 0 Å². The standard InChI is InChI=1S/C25H37N7O4/c1-16-12-23(30-29-16)27-22-15-20(21-8-5-9-35-21)26-24(28-22)31(2)19-13-17-6-4-7-18(14-19)32(17)25(33)36-11-10-34-3/h12,15,17-19,21H,4-11,13-14H2,1-3H3,(H2,26,27,28,29,30)/t17-,18+,19-,21?. The summed E-state index contributed by atoms with van der Waals surface area (Å²) in [5.41, 5.74) is 1.86. The summed E-state index contributed by atoms with van der Waals surface area (Å²) in [5, 5.41) is 10.6. The number of nitrogens with one attached hydrogen (secondary N) is 2. The summed E-state index contributed by atoms with van der Waals surface area (Å²) < 4.78 is 16.5. The van der Waals surface area contributed by atoms with Gasteiger partial charge in [0, 0.05) is 56.7 Å². The van der Waals surface area contributed by atoms with Gasteiger partial charge in [-0.2, -0.15) is 10.1 Å². The van der Waals surface area contributed by atoms with Gasteiger partial charge in [0.2, 0.25) is 5.95 Å². The van der Waals surface area contributed by atoms with E-state index < -0.39 is 0 Å². The minimum Gasteiger partial charge on any atom is -0.447 e. The average Bonchev–Trinajstić information content (AvgIpc) is 3.55. The Morgan fingerprint density at radius 1 is 1.17 bits per heavy atom. The van der Waals surface area contributed by atoms with E-state index in [0.29, 0.717) is 24.2 Å². The summed E-state index contributed by atoms with van der Waals surface area (Å²) in [6.45, 7) is 3.41. The van der Waals surface area contributed by atoms with Gasteiger partial charge in [0.1, 0.15) is 12.4 Å². The number of fused-ring (bicyclic) bond motifs is 2. The monoisotopic (exact) mass is 499 g/mol. The van der Waals surface area contributed by atoms with Crippen LogP contribution < -0.4 is 10.2 Å². The average molecular weight is 500 g/mol. The van der Waals surface area contributed by atoms with Crippen molar-refractivity contribution in [1.82, 2.24) is 25.1 Å². The van der Waals surface area contributed by atoms with Crippen LogP contribution in [0.5, 0.6) is 0 Å². The lowest BCUT2D eigenvalue weighted by Gasteiger charge is -2.49. The number of piperidine rings is 2. The molecule has 0 aromatic carbocycles. The molecule has 1 amide bonds. The first-order valence-electron chi connectivity index (χ1n) is 13.0. The van der Waals surface area contributed by atoms with Gasteiger partial charge in [0.05, 0.1) is 18.4 Å². The second kappa shape index (κ2) is 11.0. The van der Waals surface area contributed by atoms with E-state index >= 15 is 0 Å². The Balaban J connectivity index is 1.35. The fourth-order valence-electron chi connectivity index (χ4n) is 5.68. The molecule has 2 bridgehead atoms. The van der Waals surface area contributed by atoms with Crippen molar-refractivity contribution in [2.75, 3.05) is 44.2 Å². The molecule has 11 nitrogen and oxygen atoms in total. The molecule has 2 aromatic heterocycles. The number of aromatic amines is 1. The van der Waals surface area contributed by atoms with Crippen LogP contribution in [0.15, 0.2) is 12.1 Å². The highest BCUT2D eigenvalue weighted by atomic mass is 16.6. The third kappa shape index (κ3) is 5.41. The van der Waals surface area contributed by atoms with Gasteiger partial charge in [-0.05, 0) is 51.9 Å². The molecule has 3 aliphatic rings. The first-order valence-corrected chi connectivity index (χ1v) is 13.0. The Labute approximate surface area is 211 Å². The van der Waals surface area contributed by atoms with Crippen LogP contribution in [0.4, 0.5) is 22.4 Å². The van der Waals surface area contributed by atoms with E-state index in [9.17, 15) is 4.79 Å². The molecule has 2 N–H and O–H groups in total. The predicted molar refractivity (Wildman–Crippen MR) is 134 cm³/mol. The number of rotatable bonds is 8. The number of carbonyl (C=O) groups is 1. The van der Waals surface area contributed by atoms with Crippen LogP contribution in [0, 0.1) is 6.92 Å². The van der Waals surface area contributed by atoms with Crippen LogP contribution in [0.25, 0.3) is 0 Å². The van der Waals surface area contributed by atoms with Crippen molar-refractivity contribution in [3.8, 4) is 0 Å². The number of ether oxygens (including phenoxy) is 3. The van der Waals surface area contributed by atoms with Crippen molar-refractivity contribution in [1.29, 1.82) is 0 Å². The van der Waals surface area contributed by atoms with Crippen LogP contribution >= 0.6 is 0 Å². The van der Waals surface area contributed by atoms with Crippen molar-refractivity contribution < 1.29 is 19.0 Å². The first-order chi connectivity index (χ1) is 17.5. The molecule has 0 spiro atoms. The highest BCUT2D eigenvalue weighted by Crippen LogP contribution is 2.38. The lowest BCUT2D eigenvalue weighted by molar-refractivity contribution is 0.00861. The Morgan fingerprint density at radius 2 is 1.97 bits per heavy atom. The second-order valence-corrected chi connectivity index (χ2v) is 10.0. The maximum absolute atomic E-state index is 12.8. The molecule has 4 atom stereocenters. The zero-order valence-electron chi connectivity index (χ0n) is 21.4. The molecule has 1 unspecified atom stereocenters. The minimum absolute atomic E-state index is 0.0234. The number of anilines is 3. The summed E-state index contributed by atoms with van der Waals surface area (Å²) in [7, 11) is 3.67. The molecule has 5 heterocycles. The van der Waals surface area contributed by atoms with Gasteiger partial charge >= 0.3 is 6.09 Å². The molecular weight excluding hydrogens is 462 g/mol. The smallest absolute Gasteiger partial charge is 0.410 e. The van der Waals surface area contributed by atoms with Crippen molar-refractivity contribution >= 4 is 23.7 Å².